The summed E-state index contributed by atoms with van der Waals surface area (Å²) in [6, 6.07) is 72.4. The van der Waals surface area contributed by atoms with E-state index in [1.54, 1.807) is 35.3 Å². The van der Waals surface area contributed by atoms with Crippen molar-refractivity contribution >= 4 is 142 Å². The van der Waals surface area contributed by atoms with Gasteiger partial charge in [0.05, 0.1) is 6.54 Å². The lowest BCUT2D eigenvalue weighted by Crippen LogP contribution is -2.39. The molecule has 0 aliphatic heterocycles. The van der Waals surface area contributed by atoms with Crippen molar-refractivity contribution in [1.82, 2.24) is 5.32 Å². The van der Waals surface area contributed by atoms with Gasteiger partial charge in [0, 0.05) is 104 Å². The molecular formula is C65H49NO4S6. The fourth-order valence-electron chi connectivity index (χ4n) is 9.78. The topological polar surface area (TPSA) is 64.6 Å². The molecule has 12 rings (SSSR count). The van der Waals surface area contributed by atoms with Crippen molar-refractivity contribution < 1.29 is 19.1 Å². The Labute approximate surface area is 466 Å². The number of hydrogen-bond donors (Lipinski definition) is 1. The number of nitrogens with one attached hydrogen (secondary N) is 1. The lowest BCUT2D eigenvalue weighted by atomic mass is 9.97. The van der Waals surface area contributed by atoms with Crippen LogP contribution in [0.25, 0.3) is 93.9 Å². The maximum atomic E-state index is 13.6. The first kappa shape index (κ1) is 50.0. The second-order valence-corrected chi connectivity index (χ2v) is 25.0. The molecule has 0 bridgehead atoms. The monoisotopic (exact) mass is 1100 g/mol. The minimum atomic E-state index is -0.561. The van der Waals surface area contributed by atoms with Gasteiger partial charge in [-0.15, -0.1) is 69.3 Å². The van der Waals surface area contributed by atoms with Crippen molar-refractivity contribution in [3.05, 3.63) is 213 Å². The molecule has 5 nitrogen and oxygen atoms in total. The summed E-state index contributed by atoms with van der Waals surface area (Å²) in [4.78, 5) is 28.8. The molecule has 0 saturated heterocycles. The summed E-state index contributed by atoms with van der Waals surface area (Å²) in [5.41, 5.74) is 6.61. The molecule has 0 spiro atoms. The molecule has 9 aromatic carbocycles. The number of thioether (sulfide) groups is 3. The third-order valence-electron chi connectivity index (χ3n) is 13.6. The van der Waals surface area contributed by atoms with Gasteiger partial charge in [-0.1, -0.05) is 152 Å². The number of fused-ring (bicyclic) bond motifs is 9. The van der Waals surface area contributed by atoms with E-state index in [1.165, 1.54) is 93.9 Å². The molecule has 374 valence electrons. The SMILES string of the molecule is C=CC(=O)OCCNC(=O)OCC(CSc1cccc(-c2cccc3c2sc2ccccc23)c1)(CSc1cccc(-c2cccc3c2sc2ccccc23)c1)CSc1cccc(-c2cccc3c2sc2ccccc23)c1. The van der Waals surface area contributed by atoms with E-state index < -0.39 is 17.5 Å². The number of carbonyl (C=O) groups excluding carboxylic acids is 2. The summed E-state index contributed by atoms with van der Waals surface area (Å²) in [7, 11) is 0. The lowest BCUT2D eigenvalue weighted by Gasteiger charge is -2.33. The Morgan fingerprint density at radius 3 is 1.22 bits per heavy atom. The van der Waals surface area contributed by atoms with Gasteiger partial charge in [-0.2, -0.15) is 0 Å². The van der Waals surface area contributed by atoms with E-state index in [2.05, 4.69) is 212 Å². The van der Waals surface area contributed by atoms with Crippen LogP contribution >= 0.6 is 69.3 Å². The van der Waals surface area contributed by atoms with Gasteiger partial charge in [-0.3, -0.25) is 0 Å². The van der Waals surface area contributed by atoms with Crippen molar-refractivity contribution in [2.75, 3.05) is 37.0 Å². The maximum Gasteiger partial charge on any atom is 0.407 e. The summed E-state index contributed by atoms with van der Waals surface area (Å²) in [6.07, 6.45) is 0.550. The number of benzene rings is 9. The van der Waals surface area contributed by atoms with Gasteiger partial charge in [0.1, 0.15) is 13.2 Å². The van der Waals surface area contributed by atoms with Crippen LogP contribution in [0, 0.1) is 5.41 Å². The minimum Gasteiger partial charge on any atom is -0.461 e. The van der Waals surface area contributed by atoms with Crippen molar-refractivity contribution in [3.63, 3.8) is 0 Å². The zero-order valence-corrected chi connectivity index (χ0v) is 46.1. The third-order valence-corrected chi connectivity index (χ3v) is 21.3. The summed E-state index contributed by atoms with van der Waals surface area (Å²) in [6.45, 7) is 3.75. The van der Waals surface area contributed by atoms with Gasteiger partial charge in [0.25, 0.3) is 0 Å². The van der Waals surface area contributed by atoms with E-state index in [4.69, 9.17) is 9.47 Å². The Bertz CT molecular complexity index is 3750. The molecule has 3 aromatic heterocycles. The van der Waals surface area contributed by atoms with Crippen LogP contribution in [0.5, 0.6) is 0 Å². The van der Waals surface area contributed by atoms with Crippen LogP contribution in [0.4, 0.5) is 4.79 Å². The smallest absolute Gasteiger partial charge is 0.407 e. The number of esters is 1. The maximum absolute atomic E-state index is 13.6. The highest BCUT2D eigenvalue weighted by Gasteiger charge is 2.34. The minimum absolute atomic E-state index is 0.00925. The van der Waals surface area contributed by atoms with Crippen molar-refractivity contribution in [2.45, 2.75) is 14.7 Å². The Morgan fingerprint density at radius 1 is 0.461 bits per heavy atom. The number of alkyl carbamates (subject to hydrolysis) is 1. The molecule has 11 heteroatoms. The zero-order valence-electron chi connectivity index (χ0n) is 41.2. The Balaban J connectivity index is 0.886. The highest BCUT2D eigenvalue weighted by Crippen LogP contribution is 2.46. The van der Waals surface area contributed by atoms with Gasteiger partial charge in [0.2, 0.25) is 0 Å². The fraction of sp³-hybridized carbons (Fsp3) is 0.108. The highest BCUT2D eigenvalue weighted by molar-refractivity contribution is 8.01. The summed E-state index contributed by atoms with van der Waals surface area (Å²) < 4.78 is 19.1. The second-order valence-electron chi connectivity index (χ2n) is 18.7. The van der Waals surface area contributed by atoms with Crippen LogP contribution in [0.1, 0.15) is 0 Å². The molecule has 1 amide bonds. The Hall–Kier alpha value is -6.83. The van der Waals surface area contributed by atoms with E-state index in [9.17, 15) is 9.59 Å². The van der Waals surface area contributed by atoms with Crippen LogP contribution in [-0.4, -0.2) is 49.1 Å². The fourth-order valence-corrected chi connectivity index (χ4v) is 17.3. The molecule has 3 heterocycles. The van der Waals surface area contributed by atoms with Gasteiger partial charge in [0.15, 0.2) is 0 Å². The first-order valence-corrected chi connectivity index (χ1v) is 30.4. The van der Waals surface area contributed by atoms with Crippen LogP contribution < -0.4 is 5.32 Å². The standard InChI is InChI=1S/C65H49NO4S6/c1-2-60(67)69-34-33-66-64(68)70-38-65(39-71-45-18-9-15-42(35-45)48-24-12-27-54-51-21-3-6-30-57(51)74-61(48)54,40-72-46-19-10-16-43(36-46)49-25-13-28-55-52-22-4-7-31-58(52)75-62(49)55)41-73-47-20-11-17-44(37-47)50-26-14-29-56-53-23-5-8-32-59(53)76-63(50)56/h2-32,35-37H,1,33-34,38-41H2,(H,66,68). The lowest BCUT2D eigenvalue weighted by molar-refractivity contribution is -0.137. The van der Waals surface area contributed by atoms with E-state index in [0.29, 0.717) is 17.3 Å². The first-order valence-electron chi connectivity index (χ1n) is 25.0. The molecule has 76 heavy (non-hydrogen) atoms. The van der Waals surface area contributed by atoms with Crippen molar-refractivity contribution in [3.8, 4) is 33.4 Å². The third kappa shape index (κ3) is 10.5. The molecule has 0 saturated carbocycles. The number of carbonyl (C=O) groups is 2. The molecule has 12 aromatic rings. The molecular weight excluding hydrogens is 1050 g/mol. The molecule has 0 aliphatic rings. The average Bonchev–Trinajstić information content (AvgIpc) is 4.20. The van der Waals surface area contributed by atoms with E-state index in [-0.39, 0.29) is 19.8 Å². The van der Waals surface area contributed by atoms with Crippen LogP contribution in [0.3, 0.4) is 0 Å². The summed E-state index contributed by atoms with van der Waals surface area (Å²) in [5, 5.41) is 10.5. The molecule has 0 atom stereocenters. The normalized spacial score (nSPS) is 11.8. The van der Waals surface area contributed by atoms with E-state index in [1.807, 2.05) is 34.0 Å². The highest BCUT2D eigenvalue weighted by atomic mass is 32.2. The predicted octanol–water partition coefficient (Wildman–Crippen LogP) is 18.9. The number of ether oxygens (including phenoxy) is 2. The molecule has 0 radical (unpaired) electrons. The Morgan fingerprint density at radius 2 is 0.829 bits per heavy atom. The molecule has 1 N–H and O–H groups in total. The number of amides is 1. The number of hydrogen-bond acceptors (Lipinski definition) is 10. The molecule has 0 aliphatic carbocycles. The summed E-state index contributed by atoms with van der Waals surface area (Å²) >= 11 is 10.9. The molecule has 0 unspecified atom stereocenters. The van der Waals surface area contributed by atoms with Gasteiger partial charge in [-0.05, 0) is 88.0 Å². The van der Waals surface area contributed by atoms with E-state index in [0.717, 1.165) is 20.8 Å². The van der Waals surface area contributed by atoms with Crippen LogP contribution in [0.15, 0.2) is 228 Å². The van der Waals surface area contributed by atoms with Gasteiger partial charge >= 0.3 is 12.1 Å². The van der Waals surface area contributed by atoms with Crippen LogP contribution in [0.2, 0.25) is 0 Å². The largest absolute Gasteiger partial charge is 0.461 e. The average molecular weight is 1100 g/mol. The van der Waals surface area contributed by atoms with Gasteiger partial charge < -0.3 is 14.8 Å². The first-order chi connectivity index (χ1) is 37.4. The second kappa shape index (κ2) is 22.4. The zero-order chi connectivity index (χ0) is 51.4. The molecule has 0 fully saturated rings. The number of rotatable bonds is 18. The predicted molar refractivity (Wildman–Crippen MR) is 329 cm³/mol. The Kier molecular flexibility index (Phi) is 14.7. The number of thiophene rings is 3. The van der Waals surface area contributed by atoms with Crippen LogP contribution in [-0.2, 0) is 14.3 Å². The van der Waals surface area contributed by atoms with Crippen molar-refractivity contribution in [1.29, 1.82) is 0 Å². The summed E-state index contributed by atoms with van der Waals surface area (Å²) in [5.74, 6) is 1.44. The van der Waals surface area contributed by atoms with E-state index >= 15 is 0 Å². The quantitative estimate of drug-likeness (QED) is 0.0397. The van der Waals surface area contributed by atoms with Crippen molar-refractivity contribution in [2.24, 2.45) is 5.41 Å². The van der Waals surface area contributed by atoms with Gasteiger partial charge in [-0.25, -0.2) is 9.59 Å².